The molecule has 2 rings (SSSR count). The topological polar surface area (TPSA) is 76.1 Å². The lowest BCUT2D eigenvalue weighted by molar-refractivity contribution is 0.0634. The fraction of sp³-hybridized carbons (Fsp3) is 0.312. The molecule has 1 aromatic heterocycles. The van der Waals surface area contributed by atoms with Crippen LogP contribution in [0.2, 0.25) is 0 Å². The second-order valence-electron chi connectivity index (χ2n) is 5.98. The van der Waals surface area contributed by atoms with Crippen molar-refractivity contribution >= 4 is 39.5 Å². The van der Waals surface area contributed by atoms with Gasteiger partial charge < -0.3 is 10.1 Å². The van der Waals surface area contributed by atoms with Gasteiger partial charge in [0.2, 0.25) is 5.95 Å². The predicted molar refractivity (Wildman–Crippen MR) is 94.1 cm³/mol. The zero-order valence-corrected chi connectivity index (χ0v) is 15.1. The summed E-state index contributed by atoms with van der Waals surface area (Å²) in [7, 11) is 0. The molecule has 1 aromatic carbocycles. The van der Waals surface area contributed by atoms with Crippen LogP contribution in [0, 0.1) is 6.92 Å². The number of carbonyl (C=O) groups is 1. The van der Waals surface area contributed by atoms with E-state index < -0.39 is 11.7 Å². The minimum Gasteiger partial charge on any atom is -0.444 e. The first kappa shape index (κ1) is 17.2. The van der Waals surface area contributed by atoms with Crippen LogP contribution >= 0.6 is 15.9 Å². The van der Waals surface area contributed by atoms with Gasteiger partial charge in [-0.2, -0.15) is 4.98 Å². The van der Waals surface area contributed by atoms with Gasteiger partial charge in [-0.25, -0.2) is 9.78 Å². The van der Waals surface area contributed by atoms with Crippen molar-refractivity contribution in [2.45, 2.75) is 33.3 Å². The highest BCUT2D eigenvalue weighted by Gasteiger charge is 2.17. The molecule has 0 radical (unpaired) electrons. The van der Waals surface area contributed by atoms with Crippen molar-refractivity contribution in [2.75, 3.05) is 10.6 Å². The summed E-state index contributed by atoms with van der Waals surface area (Å²) in [6, 6.07) is 7.62. The Hall–Kier alpha value is -2.15. The summed E-state index contributed by atoms with van der Waals surface area (Å²) >= 11 is 3.43. The Kier molecular flexibility index (Phi) is 5.20. The standard InChI is InChI=1S/C16H19BrN4O2/c1-10-9-11(17)5-6-12(10)19-13-7-8-18-14(20-13)21-15(22)23-16(2,3)4/h5-9H,1-4H3,(H2,18,19,20,21,22). The van der Waals surface area contributed by atoms with E-state index in [4.69, 9.17) is 4.74 Å². The Morgan fingerprint density at radius 3 is 2.65 bits per heavy atom. The summed E-state index contributed by atoms with van der Waals surface area (Å²) < 4.78 is 6.19. The molecule has 0 unspecified atom stereocenters. The van der Waals surface area contributed by atoms with Gasteiger partial charge in [-0.05, 0) is 57.5 Å². The van der Waals surface area contributed by atoms with Crippen LogP contribution in [0.1, 0.15) is 26.3 Å². The predicted octanol–water partition coefficient (Wildman–Crippen LogP) is 4.64. The Balaban J connectivity index is 2.09. The van der Waals surface area contributed by atoms with Gasteiger partial charge in [0.15, 0.2) is 0 Å². The van der Waals surface area contributed by atoms with E-state index in [-0.39, 0.29) is 5.95 Å². The number of nitrogens with zero attached hydrogens (tertiary/aromatic N) is 2. The average molecular weight is 379 g/mol. The lowest BCUT2D eigenvalue weighted by atomic mass is 10.2. The molecule has 7 heteroatoms. The zero-order chi connectivity index (χ0) is 17.0. The maximum Gasteiger partial charge on any atom is 0.414 e. The van der Waals surface area contributed by atoms with E-state index in [2.05, 4.69) is 36.5 Å². The maximum atomic E-state index is 11.8. The molecule has 0 aliphatic heterocycles. The quantitative estimate of drug-likeness (QED) is 0.813. The number of halogens is 1. The van der Waals surface area contributed by atoms with Crippen LogP contribution in [0.25, 0.3) is 0 Å². The molecule has 2 N–H and O–H groups in total. The molecule has 0 spiro atoms. The van der Waals surface area contributed by atoms with Crippen molar-refractivity contribution in [3.8, 4) is 0 Å². The highest BCUT2D eigenvalue weighted by Crippen LogP contribution is 2.23. The number of nitrogens with one attached hydrogen (secondary N) is 2. The van der Waals surface area contributed by atoms with Crippen LogP contribution in [0.5, 0.6) is 0 Å². The number of amides is 1. The van der Waals surface area contributed by atoms with E-state index in [0.29, 0.717) is 5.82 Å². The second-order valence-corrected chi connectivity index (χ2v) is 6.89. The summed E-state index contributed by atoms with van der Waals surface area (Å²) in [5.74, 6) is 0.760. The molecule has 1 amide bonds. The Morgan fingerprint density at radius 2 is 2.00 bits per heavy atom. The zero-order valence-electron chi connectivity index (χ0n) is 13.5. The van der Waals surface area contributed by atoms with Crippen LogP contribution < -0.4 is 10.6 Å². The second kappa shape index (κ2) is 6.95. The molecule has 0 fully saturated rings. The highest BCUT2D eigenvalue weighted by atomic mass is 79.9. The summed E-state index contributed by atoms with van der Waals surface area (Å²) in [5.41, 5.74) is 1.42. The molecule has 122 valence electrons. The minimum atomic E-state index is -0.588. The van der Waals surface area contributed by atoms with E-state index in [0.717, 1.165) is 15.7 Å². The molecular formula is C16H19BrN4O2. The van der Waals surface area contributed by atoms with Gasteiger partial charge in [-0.15, -0.1) is 0 Å². The largest absolute Gasteiger partial charge is 0.444 e. The van der Waals surface area contributed by atoms with Gasteiger partial charge >= 0.3 is 6.09 Å². The maximum absolute atomic E-state index is 11.8. The number of aryl methyl sites for hydroxylation is 1. The number of carbonyl (C=O) groups excluding carboxylic acids is 1. The number of rotatable bonds is 3. The normalized spacial score (nSPS) is 11.0. The lowest BCUT2D eigenvalue weighted by Crippen LogP contribution is -2.27. The first-order valence-electron chi connectivity index (χ1n) is 7.09. The molecule has 2 aromatic rings. The molecule has 0 aliphatic rings. The van der Waals surface area contributed by atoms with Crippen LogP contribution in [-0.2, 0) is 4.74 Å². The summed E-state index contributed by atoms with van der Waals surface area (Å²) in [6.45, 7) is 7.37. The molecule has 0 aliphatic carbocycles. The molecule has 0 atom stereocenters. The van der Waals surface area contributed by atoms with E-state index in [1.165, 1.54) is 0 Å². The fourth-order valence-electron chi connectivity index (χ4n) is 1.79. The van der Waals surface area contributed by atoms with Gasteiger partial charge in [0.05, 0.1) is 0 Å². The summed E-state index contributed by atoms with van der Waals surface area (Å²) in [5, 5.41) is 5.71. The number of hydrogen-bond acceptors (Lipinski definition) is 5. The number of benzene rings is 1. The molecule has 0 bridgehead atoms. The third-order valence-electron chi connectivity index (χ3n) is 2.72. The van der Waals surface area contributed by atoms with Crippen molar-refractivity contribution in [2.24, 2.45) is 0 Å². The van der Waals surface area contributed by atoms with Crippen molar-refractivity contribution in [1.29, 1.82) is 0 Å². The molecule has 23 heavy (non-hydrogen) atoms. The van der Waals surface area contributed by atoms with Gasteiger partial charge in [-0.3, -0.25) is 5.32 Å². The number of anilines is 3. The fourth-order valence-corrected chi connectivity index (χ4v) is 2.26. The van der Waals surface area contributed by atoms with Crippen molar-refractivity contribution < 1.29 is 9.53 Å². The van der Waals surface area contributed by atoms with Crippen LogP contribution in [-0.4, -0.2) is 21.7 Å². The summed E-state index contributed by atoms with van der Waals surface area (Å²) in [6.07, 6.45) is 0.977. The van der Waals surface area contributed by atoms with E-state index in [9.17, 15) is 4.79 Å². The average Bonchev–Trinajstić information content (AvgIpc) is 2.40. The smallest absolute Gasteiger partial charge is 0.414 e. The van der Waals surface area contributed by atoms with Gasteiger partial charge in [0.1, 0.15) is 11.4 Å². The highest BCUT2D eigenvalue weighted by molar-refractivity contribution is 9.10. The molecule has 6 nitrogen and oxygen atoms in total. The third-order valence-corrected chi connectivity index (χ3v) is 3.21. The van der Waals surface area contributed by atoms with Crippen molar-refractivity contribution in [1.82, 2.24) is 9.97 Å². The first-order valence-corrected chi connectivity index (χ1v) is 7.88. The summed E-state index contributed by atoms with van der Waals surface area (Å²) in [4.78, 5) is 20.0. The third kappa shape index (κ3) is 5.52. The van der Waals surface area contributed by atoms with Gasteiger partial charge in [0, 0.05) is 16.4 Å². The Bertz CT molecular complexity index is 713. The molecule has 1 heterocycles. The Morgan fingerprint density at radius 1 is 1.26 bits per heavy atom. The number of aromatic nitrogens is 2. The van der Waals surface area contributed by atoms with Crippen molar-refractivity contribution in [3.05, 3.63) is 40.5 Å². The molecular weight excluding hydrogens is 360 g/mol. The molecule has 0 saturated carbocycles. The number of ether oxygens (including phenoxy) is 1. The minimum absolute atomic E-state index is 0.180. The first-order chi connectivity index (χ1) is 10.7. The number of hydrogen-bond donors (Lipinski definition) is 2. The van der Waals surface area contributed by atoms with Gasteiger partial charge in [-0.1, -0.05) is 15.9 Å². The lowest BCUT2D eigenvalue weighted by Gasteiger charge is -2.19. The molecule has 0 saturated heterocycles. The van der Waals surface area contributed by atoms with E-state index >= 15 is 0 Å². The van der Waals surface area contributed by atoms with Crippen LogP contribution in [0.4, 0.5) is 22.2 Å². The van der Waals surface area contributed by atoms with Crippen LogP contribution in [0.15, 0.2) is 34.9 Å². The SMILES string of the molecule is Cc1cc(Br)ccc1Nc1ccnc(NC(=O)OC(C)(C)C)n1. The van der Waals surface area contributed by atoms with Crippen LogP contribution in [0.3, 0.4) is 0 Å². The Labute approximate surface area is 143 Å². The monoisotopic (exact) mass is 378 g/mol. The van der Waals surface area contributed by atoms with Crippen molar-refractivity contribution in [3.63, 3.8) is 0 Å². The van der Waals surface area contributed by atoms with Gasteiger partial charge in [0.25, 0.3) is 0 Å². The van der Waals surface area contributed by atoms with E-state index in [1.54, 1.807) is 33.0 Å². The van der Waals surface area contributed by atoms with E-state index in [1.807, 2.05) is 25.1 Å².